The molecule has 20 heavy (non-hydrogen) atoms. The molecule has 0 bridgehead atoms. The van der Waals surface area contributed by atoms with Crippen LogP contribution in [0.4, 0.5) is 0 Å². The number of hydrogen-bond donors (Lipinski definition) is 2. The van der Waals surface area contributed by atoms with Crippen molar-refractivity contribution < 1.29 is 4.79 Å². The molecule has 0 radical (unpaired) electrons. The Kier molecular flexibility index (Phi) is 5.11. The summed E-state index contributed by atoms with van der Waals surface area (Å²) in [7, 11) is 0. The second-order valence-corrected chi connectivity index (χ2v) is 7.27. The number of thioether (sulfide) groups is 1. The van der Waals surface area contributed by atoms with E-state index in [0.29, 0.717) is 5.25 Å². The first kappa shape index (κ1) is 15.4. The van der Waals surface area contributed by atoms with Gasteiger partial charge in [-0.05, 0) is 51.7 Å². The van der Waals surface area contributed by atoms with Crippen molar-refractivity contribution in [1.82, 2.24) is 5.32 Å². The summed E-state index contributed by atoms with van der Waals surface area (Å²) in [6.07, 6.45) is 3.87. The number of carbonyl (C=O) groups excluding carboxylic acids is 1. The minimum absolute atomic E-state index is 0.204. The smallest absolute Gasteiger partial charge is 0.237 e. The van der Waals surface area contributed by atoms with Crippen LogP contribution in [0.15, 0.2) is 35.2 Å². The third-order valence-electron chi connectivity index (χ3n) is 3.79. The van der Waals surface area contributed by atoms with E-state index >= 15 is 0 Å². The van der Waals surface area contributed by atoms with E-state index in [4.69, 9.17) is 5.73 Å². The van der Waals surface area contributed by atoms with Gasteiger partial charge in [0.1, 0.15) is 0 Å². The summed E-state index contributed by atoms with van der Waals surface area (Å²) in [6.45, 7) is 4.14. The molecule has 3 N–H and O–H groups in total. The number of primary amides is 1. The molecule has 1 aliphatic carbocycles. The van der Waals surface area contributed by atoms with Crippen molar-refractivity contribution >= 4 is 17.7 Å². The van der Waals surface area contributed by atoms with Gasteiger partial charge in [0.15, 0.2) is 0 Å². The number of nitrogens with two attached hydrogens (primary N) is 1. The number of rotatable bonds is 5. The lowest BCUT2D eigenvalue weighted by Gasteiger charge is -2.40. The second-order valence-electron chi connectivity index (χ2n) is 5.89. The van der Waals surface area contributed by atoms with Gasteiger partial charge < -0.3 is 11.1 Å². The van der Waals surface area contributed by atoms with Gasteiger partial charge in [-0.2, -0.15) is 0 Å². The molecule has 0 aliphatic heterocycles. The van der Waals surface area contributed by atoms with Crippen molar-refractivity contribution in [3.8, 4) is 0 Å². The number of carbonyl (C=O) groups is 1. The Bertz CT molecular complexity index is 449. The fourth-order valence-electron chi connectivity index (χ4n) is 2.99. The van der Waals surface area contributed by atoms with Gasteiger partial charge in [-0.3, -0.25) is 4.79 Å². The van der Waals surface area contributed by atoms with Crippen molar-refractivity contribution in [2.45, 2.75) is 61.3 Å². The SMILES string of the molecule is CC(C)NC1(C(N)=O)CCCC(Sc2ccccc2)C1. The number of benzene rings is 1. The van der Waals surface area contributed by atoms with E-state index in [9.17, 15) is 4.79 Å². The van der Waals surface area contributed by atoms with E-state index in [0.717, 1.165) is 25.7 Å². The zero-order chi connectivity index (χ0) is 14.6. The van der Waals surface area contributed by atoms with Gasteiger partial charge in [0.25, 0.3) is 0 Å². The lowest BCUT2D eigenvalue weighted by atomic mass is 9.80. The molecule has 0 spiro atoms. The summed E-state index contributed by atoms with van der Waals surface area (Å²) in [5.74, 6) is -0.204. The van der Waals surface area contributed by atoms with E-state index in [1.807, 2.05) is 17.8 Å². The van der Waals surface area contributed by atoms with Gasteiger partial charge >= 0.3 is 0 Å². The molecule has 2 atom stereocenters. The van der Waals surface area contributed by atoms with Crippen LogP contribution < -0.4 is 11.1 Å². The van der Waals surface area contributed by atoms with Gasteiger partial charge in [-0.15, -0.1) is 11.8 Å². The molecular formula is C16H24N2OS. The van der Waals surface area contributed by atoms with Crippen LogP contribution in [0, 0.1) is 0 Å². The molecular weight excluding hydrogens is 268 g/mol. The summed E-state index contributed by atoms with van der Waals surface area (Å²) in [5, 5.41) is 3.87. The minimum atomic E-state index is -0.529. The second kappa shape index (κ2) is 6.64. The van der Waals surface area contributed by atoms with Crippen LogP contribution in [0.1, 0.15) is 39.5 Å². The van der Waals surface area contributed by atoms with Gasteiger partial charge in [-0.1, -0.05) is 18.2 Å². The summed E-state index contributed by atoms with van der Waals surface area (Å²) < 4.78 is 0. The highest BCUT2D eigenvalue weighted by Gasteiger charge is 2.41. The lowest BCUT2D eigenvalue weighted by molar-refractivity contribution is -0.126. The number of amides is 1. The van der Waals surface area contributed by atoms with Gasteiger partial charge in [-0.25, -0.2) is 0 Å². The van der Waals surface area contributed by atoms with Crippen molar-refractivity contribution in [1.29, 1.82) is 0 Å². The fourth-order valence-corrected chi connectivity index (χ4v) is 4.35. The monoisotopic (exact) mass is 292 g/mol. The maximum Gasteiger partial charge on any atom is 0.237 e. The van der Waals surface area contributed by atoms with Gasteiger partial charge in [0, 0.05) is 16.2 Å². The molecule has 1 saturated carbocycles. The molecule has 0 saturated heterocycles. The van der Waals surface area contributed by atoms with Crippen molar-refractivity contribution in [2.24, 2.45) is 5.73 Å². The maximum atomic E-state index is 12.0. The Balaban J connectivity index is 2.08. The van der Waals surface area contributed by atoms with Gasteiger partial charge in [0.2, 0.25) is 5.91 Å². The standard InChI is InChI=1S/C16H24N2OS/c1-12(2)18-16(15(17)19)10-6-9-14(11-16)20-13-7-4-3-5-8-13/h3-5,7-8,12,14,18H,6,9-11H2,1-2H3,(H2,17,19). The summed E-state index contributed by atoms with van der Waals surface area (Å²) in [5.41, 5.74) is 5.17. The first-order valence-electron chi connectivity index (χ1n) is 7.31. The third kappa shape index (κ3) is 3.76. The summed E-state index contributed by atoms with van der Waals surface area (Å²) >= 11 is 1.86. The third-order valence-corrected chi connectivity index (χ3v) is 5.07. The first-order chi connectivity index (χ1) is 9.52. The predicted octanol–water partition coefficient (Wildman–Crippen LogP) is 2.94. The topological polar surface area (TPSA) is 55.1 Å². The van der Waals surface area contributed by atoms with E-state index in [2.05, 4.69) is 43.4 Å². The highest BCUT2D eigenvalue weighted by Crippen LogP contribution is 2.38. The average molecular weight is 292 g/mol. The molecule has 2 unspecified atom stereocenters. The van der Waals surface area contributed by atoms with E-state index in [-0.39, 0.29) is 11.9 Å². The van der Waals surface area contributed by atoms with Crippen LogP contribution >= 0.6 is 11.8 Å². The molecule has 110 valence electrons. The van der Waals surface area contributed by atoms with Crippen molar-refractivity contribution in [2.75, 3.05) is 0 Å². The fraction of sp³-hybridized carbons (Fsp3) is 0.562. The van der Waals surface area contributed by atoms with Crippen LogP contribution in [0.2, 0.25) is 0 Å². The summed E-state index contributed by atoms with van der Waals surface area (Å²) in [6, 6.07) is 10.7. The molecule has 0 heterocycles. The van der Waals surface area contributed by atoms with Crippen LogP contribution in [0.5, 0.6) is 0 Å². The molecule has 1 fully saturated rings. The molecule has 4 heteroatoms. The van der Waals surface area contributed by atoms with Crippen molar-refractivity contribution in [3.63, 3.8) is 0 Å². The molecule has 3 nitrogen and oxygen atoms in total. The normalized spacial score (nSPS) is 26.6. The highest BCUT2D eigenvalue weighted by molar-refractivity contribution is 8.00. The molecule has 1 amide bonds. The number of hydrogen-bond acceptors (Lipinski definition) is 3. The quantitative estimate of drug-likeness (QED) is 0.877. The minimum Gasteiger partial charge on any atom is -0.368 e. The highest BCUT2D eigenvalue weighted by atomic mass is 32.2. The van der Waals surface area contributed by atoms with Gasteiger partial charge in [0.05, 0.1) is 5.54 Å². The molecule has 2 rings (SSSR count). The van der Waals surface area contributed by atoms with E-state index in [1.54, 1.807) is 0 Å². The van der Waals surface area contributed by atoms with Crippen LogP contribution in [0.25, 0.3) is 0 Å². The Labute approximate surface area is 125 Å². The van der Waals surface area contributed by atoms with Crippen LogP contribution in [0.3, 0.4) is 0 Å². The molecule has 1 aromatic rings. The average Bonchev–Trinajstić information content (AvgIpc) is 2.39. The lowest BCUT2D eigenvalue weighted by Crippen LogP contribution is -2.60. The molecule has 0 aromatic heterocycles. The zero-order valence-corrected chi connectivity index (χ0v) is 13.1. The predicted molar refractivity (Wildman–Crippen MR) is 84.8 cm³/mol. The van der Waals surface area contributed by atoms with E-state index < -0.39 is 5.54 Å². The van der Waals surface area contributed by atoms with Crippen LogP contribution in [-0.2, 0) is 4.79 Å². The van der Waals surface area contributed by atoms with Crippen LogP contribution in [-0.4, -0.2) is 22.7 Å². The Morgan fingerprint density at radius 3 is 2.70 bits per heavy atom. The zero-order valence-electron chi connectivity index (χ0n) is 12.3. The number of nitrogens with one attached hydrogen (secondary N) is 1. The molecule has 1 aromatic carbocycles. The maximum absolute atomic E-state index is 12.0. The largest absolute Gasteiger partial charge is 0.368 e. The molecule has 1 aliphatic rings. The Hall–Kier alpha value is -1.00. The first-order valence-corrected chi connectivity index (χ1v) is 8.19. The Morgan fingerprint density at radius 1 is 1.40 bits per heavy atom. The summed E-state index contributed by atoms with van der Waals surface area (Å²) in [4.78, 5) is 13.2. The van der Waals surface area contributed by atoms with E-state index in [1.165, 1.54) is 4.90 Å². The van der Waals surface area contributed by atoms with Crippen molar-refractivity contribution in [3.05, 3.63) is 30.3 Å². The Morgan fingerprint density at radius 2 is 2.10 bits per heavy atom.